The van der Waals surface area contributed by atoms with Crippen LogP contribution in [-0.2, 0) is 16.0 Å². The van der Waals surface area contributed by atoms with E-state index in [0.717, 1.165) is 32.1 Å². The maximum absolute atomic E-state index is 13.9. The smallest absolute Gasteiger partial charge is 0.410 e. The standard InChI is InChI=1S/C29H44N2O5/c1-28(2,3)36-27(34)30(20-29(35)17-10-9-15-24(29)32)19-25(33)31-18-16-21-11-7-8-14-23(21)26(31)22-12-5-4-6-13-22/h7-8,11,14,22,24,26,32,35H,4-6,9-10,12-13,15-20H2,1-3H3/t24-,26?,29+/m0/s1. The number of aliphatic hydroxyl groups excluding tert-OH is 1. The third-order valence-corrected chi connectivity index (χ3v) is 8.15. The fraction of sp³-hybridized carbons (Fsp3) is 0.724. The van der Waals surface area contributed by atoms with E-state index in [1.54, 1.807) is 20.8 Å². The first-order valence-corrected chi connectivity index (χ1v) is 13.8. The average Bonchev–Trinajstić information content (AvgIpc) is 2.84. The van der Waals surface area contributed by atoms with Gasteiger partial charge in [0, 0.05) is 6.54 Å². The summed E-state index contributed by atoms with van der Waals surface area (Å²) in [6.45, 7) is 5.69. The molecule has 200 valence electrons. The van der Waals surface area contributed by atoms with Crippen molar-refractivity contribution in [1.82, 2.24) is 9.80 Å². The van der Waals surface area contributed by atoms with Crippen molar-refractivity contribution in [3.05, 3.63) is 35.4 Å². The Morgan fingerprint density at radius 3 is 2.47 bits per heavy atom. The highest BCUT2D eigenvalue weighted by Crippen LogP contribution is 2.42. The Labute approximate surface area is 215 Å². The number of hydrogen-bond donors (Lipinski definition) is 2. The molecule has 2 aliphatic carbocycles. The lowest BCUT2D eigenvalue weighted by molar-refractivity contribution is -0.141. The van der Waals surface area contributed by atoms with Crippen LogP contribution in [0.25, 0.3) is 0 Å². The Bertz CT molecular complexity index is 922. The van der Waals surface area contributed by atoms with Crippen molar-refractivity contribution in [2.45, 2.75) is 108 Å². The van der Waals surface area contributed by atoms with Gasteiger partial charge in [-0.1, -0.05) is 56.4 Å². The minimum Gasteiger partial charge on any atom is -0.444 e. The van der Waals surface area contributed by atoms with Crippen LogP contribution < -0.4 is 0 Å². The van der Waals surface area contributed by atoms with Crippen LogP contribution in [0.3, 0.4) is 0 Å². The molecule has 36 heavy (non-hydrogen) atoms. The number of aliphatic hydroxyl groups is 2. The summed E-state index contributed by atoms with van der Waals surface area (Å²) in [5.41, 5.74) is 0.364. The van der Waals surface area contributed by atoms with Crippen molar-refractivity contribution in [2.24, 2.45) is 5.92 Å². The number of nitrogens with zero attached hydrogens (tertiary/aromatic N) is 2. The molecular formula is C29H44N2O5. The summed E-state index contributed by atoms with van der Waals surface area (Å²) in [5, 5.41) is 21.8. The van der Waals surface area contributed by atoms with Gasteiger partial charge in [0.2, 0.25) is 5.91 Å². The van der Waals surface area contributed by atoms with Crippen LogP contribution in [0.15, 0.2) is 24.3 Å². The molecule has 3 atom stereocenters. The van der Waals surface area contributed by atoms with Crippen LogP contribution in [-0.4, -0.2) is 69.0 Å². The Balaban J connectivity index is 1.58. The van der Waals surface area contributed by atoms with Gasteiger partial charge in [-0.25, -0.2) is 4.79 Å². The number of fused-ring (bicyclic) bond motifs is 1. The van der Waals surface area contributed by atoms with Crippen LogP contribution >= 0.6 is 0 Å². The molecule has 0 aromatic heterocycles. The summed E-state index contributed by atoms with van der Waals surface area (Å²) in [6, 6.07) is 8.44. The van der Waals surface area contributed by atoms with E-state index in [1.807, 2.05) is 4.90 Å². The summed E-state index contributed by atoms with van der Waals surface area (Å²) in [5.74, 6) is 0.281. The topological polar surface area (TPSA) is 90.3 Å². The summed E-state index contributed by atoms with van der Waals surface area (Å²) >= 11 is 0. The third kappa shape index (κ3) is 6.23. The molecule has 3 aliphatic rings. The zero-order chi connectivity index (χ0) is 25.9. The van der Waals surface area contributed by atoms with Crippen LogP contribution in [0.1, 0.15) is 95.7 Å². The van der Waals surface area contributed by atoms with Crippen molar-refractivity contribution >= 4 is 12.0 Å². The summed E-state index contributed by atoms with van der Waals surface area (Å²) in [7, 11) is 0. The summed E-state index contributed by atoms with van der Waals surface area (Å²) < 4.78 is 5.63. The largest absolute Gasteiger partial charge is 0.444 e. The highest BCUT2D eigenvalue weighted by atomic mass is 16.6. The molecule has 1 heterocycles. The van der Waals surface area contributed by atoms with Gasteiger partial charge in [-0.3, -0.25) is 9.69 Å². The van der Waals surface area contributed by atoms with Gasteiger partial charge in [-0.2, -0.15) is 0 Å². The molecule has 7 heteroatoms. The molecule has 2 fully saturated rings. The Kier molecular flexibility index (Phi) is 8.30. The van der Waals surface area contributed by atoms with Crippen LogP contribution in [0.2, 0.25) is 0 Å². The maximum Gasteiger partial charge on any atom is 0.410 e. The van der Waals surface area contributed by atoms with E-state index in [4.69, 9.17) is 4.74 Å². The number of ether oxygens (including phenoxy) is 1. The molecule has 1 unspecified atom stereocenters. The predicted octanol–water partition coefficient (Wildman–Crippen LogP) is 4.60. The second-order valence-electron chi connectivity index (χ2n) is 12.1. The Morgan fingerprint density at radius 1 is 1.08 bits per heavy atom. The molecule has 4 rings (SSSR count). The van der Waals surface area contributed by atoms with Gasteiger partial charge in [-0.05, 0) is 69.9 Å². The lowest BCUT2D eigenvalue weighted by Gasteiger charge is -2.44. The summed E-state index contributed by atoms with van der Waals surface area (Å²) in [6.07, 6.45) is 7.53. The Hall–Kier alpha value is -2.12. The third-order valence-electron chi connectivity index (χ3n) is 8.15. The summed E-state index contributed by atoms with van der Waals surface area (Å²) in [4.78, 5) is 30.4. The van der Waals surface area contributed by atoms with Crippen LogP contribution in [0, 0.1) is 5.92 Å². The van der Waals surface area contributed by atoms with Crippen LogP contribution in [0.4, 0.5) is 4.79 Å². The van der Waals surface area contributed by atoms with Crippen molar-refractivity contribution in [3.63, 3.8) is 0 Å². The Morgan fingerprint density at radius 2 is 1.78 bits per heavy atom. The van der Waals surface area contributed by atoms with Crippen molar-refractivity contribution in [1.29, 1.82) is 0 Å². The lowest BCUT2D eigenvalue weighted by atomic mass is 9.77. The monoisotopic (exact) mass is 500 g/mol. The minimum absolute atomic E-state index is 0.00611. The van der Waals surface area contributed by atoms with Crippen molar-refractivity contribution < 1.29 is 24.5 Å². The fourth-order valence-corrected chi connectivity index (χ4v) is 6.32. The first-order chi connectivity index (χ1) is 17.1. The number of hydrogen-bond acceptors (Lipinski definition) is 5. The first kappa shape index (κ1) is 26.9. The maximum atomic E-state index is 13.9. The molecule has 1 aliphatic heterocycles. The number of carbonyl (C=O) groups is 2. The van der Waals surface area contributed by atoms with Crippen molar-refractivity contribution in [3.8, 4) is 0 Å². The number of amides is 2. The second-order valence-corrected chi connectivity index (χ2v) is 12.1. The van der Waals surface area contributed by atoms with Gasteiger partial charge in [0.1, 0.15) is 17.7 Å². The number of carbonyl (C=O) groups excluding carboxylic acids is 2. The van der Waals surface area contributed by atoms with Crippen molar-refractivity contribution in [2.75, 3.05) is 19.6 Å². The zero-order valence-electron chi connectivity index (χ0n) is 22.2. The first-order valence-electron chi connectivity index (χ1n) is 13.8. The molecule has 0 bridgehead atoms. The number of rotatable bonds is 5. The van der Waals surface area contributed by atoms with Gasteiger partial charge in [0.15, 0.2) is 0 Å². The lowest BCUT2D eigenvalue weighted by Crippen LogP contribution is -2.57. The molecule has 0 spiro atoms. The highest BCUT2D eigenvalue weighted by Gasteiger charge is 2.43. The normalized spacial score (nSPS) is 27.3. The molecule has 2 saturated carbocycles. The predicted molar refractivity (Wildman–Crippen MR) is 138 cm³/mol. The zero-order valence-corrected chi connectivity index (χ0v) is 22.2. The van der Waals surface area contributed by atoms with E-state index in [1.165, 1.54) is 35.3 Å². The van der Waals surface area contributed by atoms with E-state index < -0.39 is 23.4 Å². The van der Waals surface area contributed by atoms with Gasteiger partial charge < -0.3 is 19.8 Å². The molecule has 0 saturated heterocycles. The average molecular weight is 501 g/mol. The second kappa shape index (κ2) is 11.1. The SMILES string of the molecule is CC(C)(C)OC(=O)N(CC(=O)N1CCc2ccccc2C1C1CCCCC1)C[C@]1(O)CCCC[C@@H]1O. The molecular weight excluding hydrogens is 456 g/mol. The quantitative estimate of drug-likeness (QED) is 0.617. The van der Waals surface area contributed by atoms with Gasteiger partial charge in [-0.15, -0.1) is 0 Å². The molecule has 7 nitrogen and oxygen atoms in total. The highest BCUT2D eigenvalue weighted by molar-refractivity contribution is 5.83. The van der Waals surface area contributed by atoms with Crippen LogP contribution in [0.5, 0.6) is 0 Å². The van der Waals surface area contributed by atoms with Gasteiger partial charge in [0.05, 0.1) is 18.7 Å². The molecule has 2 amide bonds. The van der Waals surface area contributed by atoms with E-state index in [9.17, 15) is 19.8 Å². The molecule has 1 aromatic rings. The van der Waals surface area contributed by atoms with E-state index in [0.29, 0.717) is 25.3 Å². The van der Waals surface area contributed by atoms with Gasteiger partial charge >= 0.3 is 6.09 Å². The van der Waals surface area contributed by atoms with E-state index in [2.05, 4.69) is 24.3 Å². The fourth-order valence-electron chi connectivity index (χ4n) is 6.32. The van der Waals surface area contributed by atoms with E-state index in [-0.39, 0.29) is 25.0 Å². The molecule has 0 radical (unpaired) electrons. The number of benzene rings is 1. The van der Waals surface area contributed by atoms with E-state index >= 15 is 0 Å². The van der Waals surface area contributed by atoms with Gasteiger partial charge in [0.25, 0.3) is 0 Å². The minimum atomic E-state index is -1.44. The molecule has 2 N–H and O–H groups in total. The molecule has 1 aromatic carbocycles.